The molecule has 0 aromatic rings. The maximum absolute atomic E-state index is 12.7. The second-order valence-corrected chi connectivity index (χ2v) is 21.7. The van der Waals surface area contributed by atoms with E-state index in [9.17, 15) is 19.0 Å². The largest absolute Gasteiger partial charge is 0.472 e. The summed E-state index contributed by atoms with van der Waals surface area (Å²) in [6.07, 6.45) is 68.2. The highest BCUT2D eigenvalue weighted by atomic mass is 31.2. The van der Waals surface area contributed by atoms with E-state index < -0.39 is 26.5 Å². The van der Waals surface area contributed by atoms with Crippen LogP contribution in [0, 0.1) is 0 Å². The number of carbonyl (C=O) groups excluding carboxylic acids is 2. The SMILES string of the molecule is CCCCCCC/C=C\C/C=C\C/C=C\CCCCCCCCCCCCCCCCCCCCCCCCCCC(=O)OC(COC(=O)CCCCCCCCCCCC)COP(=O)(O)OCCN. The van der Waals surface area contributed by atoms with E-state index in [-0.39, 0.29) is 38.6 Å². The fourth-order valence-electron chi connectivity index (χ4n) is 8.82. The molecule has 0 aliphatic carbocycles. The van der Waals surface area contributed by atoms with Gasteiger partial charge in [-0.1, -0.05) is 275 Å². The molecular formula is C60H114NO8P. The zero-order valence-corrected chi connectivity index (χ0v) is 46.9. The van der Waals surface area contributed by atoms with Gasteiger partial charge >= 0.3 is 19.8 Å². The highest BCUT2D eigenvalue weighted by Crippen LogP contribution is 2.43. The number of phosphoric acid groups is 1. The zero-order chi connectivity index (χ0) is 51.0. The Morgan fingerprint density at radius 2 is 0.743 bits per heavy atom. The third kappa shape index (κ3) is 55.5. The normalized spacial score (nSPS) is 13.3. The van der Waals surface area contributed by atoms with Crippen LogP contribution in [0.2, 0.25) is 0 Å². The predicted octanol–water partition coefficient (Wildman–Crippen LogP) is 18.8. The lowest BCUT2D eigenvalue weighted by atomic mass is 10.0. The van der Waals surface area contributed by atoms with E-state index in [4.69, 9.17) is 24.3 Å². The summed E-state index contributed by atoms with van der Waals surface area (Å²) in [5.41, 5.74) is 5.37. The topological polar surface area (TPSA) is 134 Å². The number of nitrogens with two attached hydrogens (primary N) is 1. The summed E-state index contributed by atoms with van der Waals surface area (Å²) in [5.74, 6) is -0.815. The molecule has 0 rings (SSSR count). The van der Waals surface area contributed by atoms with Crippen molar-refractivity contribution >= 4 is 19.8 Å². The Bertz CT molecular complexity index is 1240. The Kier molecular flexibility index (Phi) is 55.1. The van der Waals surface area contributed by atoms with Gasteiger partial charge in [0.15, 0.2) is 6.10 Å². The Morgan fingerprint density at radius 3 is 1.10 bits per heavy atom. The molecule has 0 aromatic heterocycles. The van der Waals surface area contributed by atoms with Crippen LogP contribution in [0.25, 0.3) is 0 Å². The van der Waals surface area contributed by atoms with Crippen molar-refractivity contribution in [2.75, 3.05) is 26.4 Å². The summed E-state index contributed by atoms with van der Waals surface area (Å²) in [6.45, 7) is 3.75. The van der Waals surface area contributed by atoms with Crippen molar-refractivity contribution in [2.24, 2.45) is 5.73 Å². The van der Waals surface area contributed by atoms with Crippen molar-refractivity contribution in [3.05, 3.63) is 36.5 Å². The highest BCUT2D eigenvalue weighted by molar-refractivity contribution is 7.47. The minimum Gasteiger partial charge on any atom is -0.462 e. The van der Waals surface area contributed by atoms with Gasteiger partial charge in [-0.25, -0.2) is 4.57 Å². The standard InChI is InChI=1S/C60H114NO8P/c1-3-5-7-9-11-13-15-16-17-18-19-20-21-22-23-24-25-26-27-28-29-30-31-32-33-34-35-36-37-38-39-40-41-42-43-45-47-49-51-53-60(63)69-58(57-68-70(64,65)67-55-54-61)56-66-59(62)52-50-48-46-44-14-12-10-8-6-4-2/h15-16,18-19,21-22,58H,3-14,17,20,23-57,61H2,1-2H3,(H,64,65)/b16-15-,19-18-,22-21-. The van der Waals surface area contributed by atoms with Crippen LogP contribution in [0.1, 0.15) is 303 Å². The monoisotopic (exact) mass is 1010 g/mol. The minimum absolute atomic E-state index is 0.0563. The molecule has 9 nitrogen and oxygen atoms in total. The first-order valence-electron chi connectivity index (χ1n) is 30.0. The summed E-state index contributed by atoms with van der Waals surface area (Å²) >= 11 is 0. The molecule has 0 saturated carbocycles. The fraction of sp³-hybridized carbons (Fsp3) is 0.867. The van der Waals surface area contributed by atoms with Crippen LogP contribution >= 0.6 is 7.82 Å². The van der Waals surface area contributed by atoms with Crippen molar-refractivity contribution in [3.63, 3.8) is 0 Å². The lowest BCUT2D eigenvalue weighted by Gasteiger charge is -2.19. The van der Waals surface area contributed by atoms with Gasteiger partial charge in [-0.3, -0.25) is 18.6 Å². The number of ether oxygens (including phenoxy) is 2. The first kappa shape index (κ1) is 68.2. The first-order chi connectivity index (χ1) is 34.3. The van der Waals surface area contributed by atoms with E-state index in [1.807, 2.05) is 0 Å². The minimum atomic E-state index is -4.38. The van der Waals surface area contributed by atoms with Crippen LogP contribution in [0.5, 0.6) is 0 Å². The van der Waals surface area contributed by atoms with Gasteiger partial charge in [0, 0.05) is 19.4 Å². The van der Waals surface area contributed by atoms with E-state index in [1.165, 1.54) is 225 Å². The number of phosphoric ester groups is 1. The van der Waals surface area contributed by atoms with Crippen LogP contribution in [-0.4, -0.2) is 49.3 Å². The molecule has 70 heavy (non-hydrogen) atoms. The smallest absolute Gasteiger partial charge is 0.462 e. The number of hydrogen-bond acceptors (Lipinski definition) is 8. The Morgan fingerprint density at radius 1 is 0.429 bits per heavy atom. The van der Waals surface area contributed by atoms with Crippen LogP contribution in [-0.2, 0) is 32.7 Å². The third-order valence-corrected chi connectivity index (χ3v) is 14.3. The molecule has 412 valence electrons. The van der Waals surface area contributed by atoms with Crippen molar-refractivity contribution < 1.29 is 37.6 Å². The van der Waals surface area contributed by atoms with Crippen molar-refractivity contribution in [1.82, 2.24) is 0 Å². The van der Waals surface area contributed by atoms with Crippen LogP contribution in [0.15, 0.2) is 36.5 Å². The molecule has 0 amide bonds. The quantitative estimate of drug-likeness (QED) is 0.0264. The average Bonchev–Trinajstić information content (AvgIpc) is 3.35. The lowest BCUT2D eigenvalue weighted by Crippen LogP contribution is -2.29. The van der Waals surface area contributed by atoms with E-state index in [0.29, 0.717) is 6.42 Å². The number of unbranched alkanes of at least 4 members (excludes halogenated alkanes) is 38. The summed E-state index contributed by atoms with van der Waals surface area (Å²) in [7, 11) is -4.38. The van der Waals surface area contributed by atoms with Gasteiger partial charge in [0.1, 0.15) is 6.61 Å². The van der Waals surface area contributed by atoms with E-state index in [1.54, 1.807) is 0 Å². The Balaban J connectivity index is 3.70. The predicted molar refractivity (Wildman–Crippen MR) is 298 cm³/mol. The fourth-order valence-corrected chi connectivity index (χ4v) is 9.59. The van der Waals surface area contributed by atoms with Gasteiger partial charge in [0.2, 0.25) is 0 Å². The molecule has 0 saturated heterocycles. The number of rotatable bonds is 57. The van der Waals surface area contributed by atoms with Crippen molar-refractivity contribution in [2.45, 2.75) is 309 Å². The molecule has 0 aliphatic heterocycles. The number of carbonyl (C=O) groups is 2. The molecule has 0 bridgehead atoms. The van der Waals surface area contributed by atoms with E-state index >= 15 is 0 Å². The zero-order valence-electron chi connectivity index (χ0n) is 46.0. The molecule has 2 atom stereocenters. The van der Waals surface area contributed by atoms with Crippen LogP contribution in [0.4, 0.5) is 0 Å². The summed E-state index contributed by atoms with van der Waals surface area (Å²) < 4.78 is 32.9. The summed E-state index contributed by atoms with van der Waals surface area (Å²) in [6, 6.07) is 0. The molecule has 0 aliphatic rings. The van der Waals surface area contributed by atoms with Gasteiger partial charge in [0.25, 0.3) is 0 Å². The second kappa shape index (κ2) is 56.5. The Labute approximate surface area is 433 Å². The molecule has 0 spiro atoms. The number of hydrogen-bond donors (Lipinski definition) is 2. The molecular weight excluding hydrogens is 894 g/mol. The number of allylic oxidation sites excluding steroid dienone is 6. The summed E-state index contributed by atoms with van der Waals surface area (Å²) in [4.78, 5) is 35.0. The molecule has 10 heteroatoms. The molecule has 2 unspecified atom stereocenters. The first-order valence-corrected chi connectivity index (χ1v) is 31.5. The third-order valence-electron chi connectivity index (χ3n) is 13.3. The number of esters is 2. The molecule has 0 radical (unpaired) electrons. The van der Waals surface area contributed by atoms with Gasteiger partial charge in [-0.2, -0.15) is 0 Å². The highest BCUT2D eigenvalue weighted by Gasteiger charge is 2.26. The van der Waals surface area contributed by atoms with Gasteiger partial charge in [0.05, 0.1) is 13.2 Å². The van der Waals surface area contributed by atoms with Gasteiger partial charge in [-0.15, -0.1) is 0 Å². The molecule has 0 heterocycles. The lowest BCUT2D eigenvalue weighted by molar-refractivity contribution is -0.161. The average molecular weight is 1010 g/mol. The molecule has 3 N–H and O–H groups in total. The van der Waals surface area contributed by atoms with Crippen LogP contribution < -0.4 is 5.73 Å². The maximum atomic E-state index is 12.7. The Hall–Kier alpha value is -1.77. The second-order valence-electron chi connectivity index (χ2n) is 20.2. The van der Waals surface area contributed by atoms with Crippen LogP contribution in [0.3, 0.4) is 0 Å². The van der Waals surface area contributed by atoms with Gasteiger partial charge < -0.3 is 20.1 Å². The van der Waals surface area contributed by atoms with Crippen molar-refractivity contribution in [3.8, 4) is 0 Å². The van der Waals surface area contributed by atoms with Crippen molar-refractivity contribution in [1.29, 1.82) is 0 Å². The molecule has 0 aromatic carbocycles. The van der Waals surface area contributed by atoms with Gasteiger partial charge in [-0.05, 0) is 51.4 Å². The summed E-state index contributed by atoms with van der Waals surface area (Å²) in [5, 5.41) is 0. The van der Waals surface area contributed by atoms with E-state index in [2.05, 4.69) is 50.3 Å². The maximum Gasteiger partial charge on any atom is 0.472 e. The molecule has 0 fully saturated rings. The van der Waals surface area contributed by atoms with E-state index in [0.717, 1.165) is 44.9 Å².